The van der Waals surface area contributed by atoms with E-state index in [0.717, 1.165) is 5.56 Å². The van der Waals surface area contributed by atoms with Gasteiger partial charge in [0.05, 0.1) is 35.7 Å². The smallest absolute Gasteiger partial charge is 0.302 e. The van der Waals surface area contributed by atoms with E-state index in [-0.39, 0.29) is 5.95 Å². The van der Waals surface area contributed by atoms with Crippen LogP contribution in [0.4, 0.5) is 5.95 Å². The highest BCUT2D eigenvalue weighted by atomic mass is 127. The van der Waals surface area contributed by atoms with E-state index in [9.17, 15) is 4.79 Å². The minimum absolute atomic E-state index is 0.174. The second-order valence-electron chi connectivity index (χ2n) is 4.09. The van der Waals surface area contributed by atoms with Crippen LogP contribution in [0.2, 0.25) is 0 Å². The molecule has 0 spiro atoms. The minimum Gasteiger partial charge on any atom is -0.368 e. The van der Waals surface area contributed by atoms with Gasteiger partial charge in [-0.2, -0.15) is 4.98 Å². The van der Waals surface area contributed by atoms with Crippen LogP contribution in [0.1, 0.15) is 5.56 Å². The summed E-state index contributed by atoms with van der Waals surface area (Å²) in [6.07, 6.45) is 1.63. The highest BCUT2D eigenvalue weighted by Crippen LogP contribution is 2.16. The van der Waals surface area contributed by atoms with E-state index in [0.29, 0.717) is 17.7 Å². The summed E-state index contributed by atoms with van der Waals surface area (Å²) >= 11 is 2.01. The molecule has 6 nitrogen and oxygen atoms in total. The lowest BCUT2D eigenvalue weighted by Gasteiger charge is -2.07. The van der Waals surface area contributed by atoms with Crippen molar-refractivity contribution in [1.29, 1.82) is 0 Å². The van der Waals surface area contributed by atoms with Crippen LogP contribution in [0.15, 0.2) is 41.5 Å². The van der Waals surface area contributed by atoms with Crippen molar-refractivity contribution in [1.82, 2.24) is 17.3 Å². The van der Waals surface area contributed by atoms with Crippen LogP contribution in [0.25, 0.3) is 11.2 Å². The SMILES string of the molecule is Nc1nc(=O)c2ncn(Cc3ccccc3)c2n1I. The Kier molecular flexibility index (Phi) is 2.97. The molecule has 0 atom stereocenters. The normalized spacial score (nSPS) is 11.0. The molecule has 0 aliphatic carbocycles. The van der Waals surface area contributed by atoms with Crippen LogP contribution in [0.3, 0.4) is 0 Å². The molecular formula is C12H10IN5O. The van der Waals surface area contributed by atoms with Crippen molar-refractivity contribution >= 4 is 40.0 Å². The molecule has 0 saturated heterocycles. The maximum absolute atomic E-state index is 11.7. The van der Waals surface area contributed by atoms with Crippen molar-refractivity contribution in [2.45, 2.75) is 6.54 Å². The standard InChI is InChI=1S/C12H10IN5O/c13-18-11-9(10(19)16-12(18)14)15-7-17(11)6-8-4-2-1-3-5-8/h1-5,7H,6H2,(H2,14,16,19). The molecule has 0 fully saturated rings. The number of fused-ring (bicyclic) bond motifs is 1. The molecular weight excluding hydrogens is 357 g/mol. The molecule has 0 unspecified atom stereocenters. The molecule has 0 aliphatic heterocycles. The van der Waals surface area contributed by atoms with Gasteiger partial charge in [0.15, 0.2) is 11.2 Å². The molecule has 96 valence electrons. The summed E-state index contributed by atoms with van der Waals surface area (Å²) in [6.45, 7) is 0.628. The lowest BCUT2D eigenvalue weighted by atomic mass is 10.2. The fourth-order valence-electron chi connectivity index (χ4n) is 1.94. The Morgan fingerprint density at radius 1 is 1.26 bits per heavy atom. The summed E-state index contributed by atoms with van der Waals surface area (Å²) in [5.74, 6) is 0.174. The van der Waals surface area contributed by atoms with Gasteiger partial charge in [0.1, 0.15) is 0 Å². The van der Waals surface area contributed by atoms with Crippen LogP contribution in [-0.4, -0.2) is 17.3 Å². The quantitative estimate of drug-likeness (QED) is 0.695. The first-order chi connectivity index (χ1) is 9.16. The number of halogens is 1. The van der Waals surface area contributed by atoms with Gasteiger partial charge in [-0.05, 0) is 5.56 Å². The van der Waals surface area contributed by atoms with E-state index in [1.54, 1.807) is 9.11 Å². The maximum Gasteiger partial charge on any atom is 0.302 e. The predicted molar refractivity (Wildman–Crippen MR) is 81.2 cm³/mol. The van der Waals surface area contributed by atoms with E-state index in [4.69, 9.17) is 5.73 Å². The van der Waals surface area contributed by atoms with E-state index in [1.807, 2.05) is 57.8 Å². The number of nitrogens with zero attached hydrogens (tertiary/aromatic N) is 4. The third-order valence-electron chi connectivity index (χ3n) is 2.81. The van der Waals surface area contributed by atoms with Gasteiger partial charge in [-0.25, -0.2) is 7.76 Å². The van der Waals surface area contributed by atoms with Crippen LogP contribution >= 0.6 is 22.9 Å². The van der Waals surface area contributed by atoms with Gasteiger partial charge < -0.3 is 10.3 Å². The average molecular weight is 367 g/mol. The monoisotopic (exact) mass is 367 g/mol. The summed E-state index contributed by atoms with van der Waals surface area (Å²) in [4.78, 5) is 19.6. The number of imidazole rings is 1. The molecule has 0 aliphatic rings. The van der Waals surface area contributed by atoms with E-state index in [2.05, 4.69) is 9.97 Å². The molecule has 0 saturated carbocycles. The van der Waals surface area contributed by atoms with E-state index >= 15 is 0 Å². The van der Waals surface area contributed by atoms with Gasteiger partial charge >= 0.3 is 5.56 Å². The van der Waals surface area contributed by atoms with Gasteiger partial charge in [-0.15, -0.1) is 0 Å². The number of nitrogens with two attached hydrogens (primary N) is 1. The number of hydrogen-bond donors (Lipinski definition) is 1. The first kappa shape index (κ1) is 12.2. The number of nitrogen functional groups attached to an aromatic ring is 1. The number of hydrogen-bond acceptors (Lipinski definition) is 4. The Balaban J connectivity index is 2.18. The summed E-state index contributed by atoms with van der Waals surface area (Å²) in [5, 5.41) is 0. The van der Waals surface area contributed by atoms with Crippen LogP contribution in [-0.2, 0) is 6.54 Å². The van der Waals surface area contributed by atoms with E-state index in [1.165, 1.54) is 0 Å². The first-order valence-corrected chi connectivity index (χ1v) is 6.57. The summed E-state index contributed by atoms with van der Waals surface area (Å²) in [5.41, 5.74) is 7.44. The van der Waals surface area contributed by atoms with E-state index < -0.39 is 5.56 Å². The maximum atomic E-state index is 11.7. The van der Waals surface area contributed by atoms with Crippen molar-refractivity contribution in [2.75, 3.05) is 5.73 Å². The van der Waals surface area contributed by atoms with Crippen molar-refractivity contribution in [3.63, 3.8) is 0 Å². The Morgan fingerprint density at radius 2 is 2.00 bits per heavy atom. The van der Waals surface area contributed by atoms with Gasteiger partial charge in [-0.1, -0.05) is 30.3 Å². The molecule has 0 amide bonds. The summed E-state index contributed by atoms with van der Waals surface area (Å²) in [7, 11) is 0. The van der Waals surface area contributed by atoms with Crippen molar-refractivity contribution in [3.8, 4) is 0 Å². The lowest BCUT2D eigenvalue weighted by molar-refractivity contribution is 0.812. The fraction of sp³-hybridized carbons (Fsp3) is 0.0833. The molecule has 2 heterocycles. The molecule has 1 aromatic carbocycles. The van der Waals surface area contributed by atoms with Gasteiger partial charge in [0.25, 0.3) is 0 Å². The van der Waals surface area contributed by atoms with Crippen LogP contribution in [0, 0.1) is 0 Å². The third kappa shape index (κ3) is 2.09. The van der Waals surface area contributed by atoms with Crippen molar-refractivity contribution in [3.05, 3.63) is 52.6 Å². The molecule has 19 heavy (non-hydrogen) atoms. The molecule has 0 bridgehead atoms. The number of rotatable bonds is 2. The Morgan fingerprint density at radius 3 is 2.74 bits per heavy atom. The van der Waals surface area contributed by atoms with Gasteiger partial charge in [0, 0.05) is 0 Å². The number of aromatic nitrogens is 4. The molecule has 3 rings (SSSR count). The highest BCUT2D eigenvalue weighted by Gasteiger charge is 2.13. The number of anilines is 1. The molecule has 7 heteroatoms. The first-order valence-electron chi connectivity index (χ1n) is 5.60. The topological polar surface area (TPSA) is 78.7 Å². The summed E-state index contributed by atoms with van der Waals surface area (Å²) < 4.78 is 3.53. The predicted octanol–water partition coefficient (Wildman–Crippen LogP) is 1.42. The molecule has 2 aromatic heterocycles. The Bertz CT molecular complexity index is 793. The zero-order valence-electron chi connectivity index (χ0n) is 9.82. The average Bonchev–Trinajstić information content (AvgIpc) is 2.82. The largest absolute Gasteiger partial charge is 0.368 e. The second-order valence-corrected chi connectivity index (χ2v) is 5.05. The molecule has 3 aromatic rings. The van der Waals surface area contributed by atoms with Crippen LogP contribution in [0.5, 0.6) is 0 Å². The molecule has 2 N–H and O–H groups in total. The fourth-order valence-corrected chi connectivity index (χ4v) is 2.55. The molecule has 0 radical (unpaired) electrons. The minimum atomic E-state index is -0.396. The third-order valence-corrected chi connectivity index (χ3v) is 3.76. The summed E-state index contributed by atoms with van der Waals surface area (Å²) in [6, 6.07) is 9.95. The lowest BCUT2D eigenvalue weighted by Crippen LogP contribution is -2.15. The number of benzene rings is 1. The zero-order chi connectivity index (χ0) is 13.4. The van der Waals surface area contributed by atoms with Crippen LogP contribution < -0.4 is 11.3 Å². The van der Waals surface area contributed by atoms with Crippen molar-refractivity contribution < 1.29 is 0 Å². The second kappa shape index (κ2) is 4.65. The van der Waals surface area contributed by atoms with Gasteiger partial charge in [0.2, 0.25) is 5.95 Å². The highest BCUT2D eigenvalue weighted by molar-refractivity contribution is 14.1. The van der Waals surface area contributed by atoms with Gasteiger partial charge in [-0.3, -0.25) is 4.79 Å². The van der Waals surface area contributed by atoms with Crippen molar-refractivity contribution in [2.24, 2.45) is 0 Å². The zero-order valence-corrected chi connectivity index (χ0v) is 12.0. The Hall–Kier alpha value is -1.90. The Labute approximate surface area is 122 Å².